The highest BCUT2D eigenvalue weighted by Gasteiger charge is 2.02. The Hall–Kier alpha value is -0.580. The number of halogens is 3. The van der Waals surface area contributed by atoms with Crippen LogP contribution in [0.5, 0.6) is 5.75 Å². The van der Waals surface area contributed by atoms with Crippen LogP contribution in [0.25, 0.3) is 0 Å². The summed E-state index contributed by atoms with van der Waals surface area (Å²) in [5, 5.41) is 0. The highest BCUT2D eigenvalue weighted by molar-refractivity contribution is 9.10. The molecule has 0 aliphatic rings. The minimum absolute atomic E-state index is 0.455. The molecule has 2 aromatic rings. The molecule has 0 radical (unpaired) electrons. The van der Waals surface area contributed by atoms with E-state index < -0.39 is 0 Å². The van der Waals surface area contributed by atoms with E-state index in [4.69, 9.17) is 16.3 Å². The smallest absolute Gasteiger partial charge is 0.120 e. The van der Waals surface area contributed by atoms with Gasteiger partial charge in [0.2, 0.25) is 0 Å². The van der Waals surface area contributed by atoms with Crippen molar-refractivity contribution in [1.29, 1.82) is 0 Å². The van der Waals surface area contributed by atoms with Gasteiger partial charge in [0.15, 0.2) is 0 Å². The number of alkyl halides is 1. The van der Waals surface area contributed by atoms with Gasteiger partial charge in [0.1, 0.15) is 12.4 Å². The second kappa shape index (κ2) is 6.55. The van der Waals surface area contributed by atoms with Crippen LogP contribution in [0.15, 0.2) is 45.6 Å². The zero-order chi connectivity index (χ0) is 13.0. The predicted molar refractivity (Wildman–Crippen MR) is 80.0 cm³/mol. The minimum atomic E-state index is 0.455. The highest BCUT2D eigenvalue weighted by atomic mass is 79.9. The van der Waals surface area contributed by atoms with E-state index in [2.05, 4.69) is 36.8 Å². The average Bonchev–Trinajstić information content (AvgIpc) is 2.38. The van der Waals surface area contributed by atoms with Crippen LogP contribution < -0.4 is 4.74 Å². The fraction of sp³-hybridized carbons (Fsp3) is 0.154. The number of ether oxygens (including phenoxy) is 1. The normalized spacial score (nSPS) is 10.4. The Morgan fingerprint density at radius 1 is 1.17 bits per heavy atom. The molecule has 18 heavy (non-hydrogen) atoms. The van der Waals surface area contributed by atoms with Gasteiger partial charge in [-0.15, -0.1) is 11.6 Å². The Morgan fingerprint density at radius 3 is 2.72 bits per heavy atom. The van der Waals surface area contributed by atoms with Crippen molar-refractivity contribution in [2.24, 2.45) is 0 Å². The zero-order valence-electron chi connectivity index (χ0n) is 9.37. The minimum Gasteiger partial charge on any atom is -0.489 e. The lowest BCUT2D eigenvalue weighted by atomic mass is 10.2. The van der Waals surface area contributed by atoms with Crippen molar-refractivity contribution in [1.82, 2.24) is 4.98 Å². The van der Waals surface area contributed by atoms with Crippen LogP contribution in [0.1, 0.15) is 11.1 Å². The molecule has 1 heterocycles. The maximum Gasteiger partial charge on any atom is 0.120 e. The lowest BCUT2D eigenvalue weighted by Crippen LogP contribution is -1.96. The van der Waals surface area contributed by atoms with Crippen molar-refractivity contribution in [3.05, 3.63) is 56.7 Å². The molecule has 0 bridgehead atoms. The fourth-order valence-electron chi connectivity index (χ4n) is 1.44. The average molecular weight is 391 g/mol. The van der Waals surface area contributed by atoms with Gasteiger partial charge < -0.3 is 4.74 Å². The first-order valence-corrected chi connectivity index (χ1v) is 7.37. The third-order valence-electron chi connectivity index (χ3n) is 2.33. The molecule has 1 aromatic carbocycles. The third-order valence-corrected chi connectivity index (χ3v) is 3.82. The number of rotatable bonds is 4. The van der Waals surface area contributed by atoms with E-state index in [-0.39, 0.29) is 0 Å². The summed E-state index contributed by atoms with van der Waals surface area (Å²) < 4.78 is 7.64. The summed E-state index contributed by atoms with van der Waals surface area (Å²) in [6, 6.07) is 7.76. The van der Waals surface area contributed by atoms with Crippen molar-refractivity contribution in [3.63, 3.8) is 0 Å². The summed E-state index contributed by atoms with van der Waals surface area (Å²) in [4.78, 5) is 4.09. The highest BCUT2D eigenvalue weighted by Crippen LogP contribution is 2.24. The van der Waals surface area contributed by atoms with Crippen molar-refractivity contribution in [2.45, 2.75) is 12.5 Å². The number of pyridine rings is 1. The lowest BCUT2D eigenvalue weighted by Gasteiger charge is -2.08. The Kier molecular flexibility index (Phi) is 5.03. The van der Waals surface area contributed by atoms with Gasteiger partial charge >= 0.3 is 0 Å². The molecule has 0 aliphatic heterocycles. The molecule has 2 rings (SSSR count). The number of aromatic nitrogens is 1. The summed E-state index contributed by atoms with van der Waals surface area (Å²) in [5.74, 6) is 1.25. The van der Waals surface area contributed by atoms with E-state index in [1.807, 2.05) is 24.3 Å². The summed E-state index contributed by atoms with van der Waals surface area (Å²) in [5.41, 5.74) is 2.03. The van der Waals surface area contributed by atoms with Crippen LogP contribution in [0.3, 0.4) is 0 Å². The van der Waals surface area contributed by atoms with Gasteiger partial charge in [-0.25, -0.2) is 0 Å². The molecule has 0 saturated carbocycles. The molecule has 0 atom stereocenters. The summed E-state index contributed by atoms with van der Waals surface area (Å²) in [6.07, 6.45) is 3.53. The van der Waals surface area contributed by atoms with Gasteiger partial charge in [-0.05, 0) is 45.8 Å². The maximum atomic E-state index is 5.84. The first-order chi connectivity index (χ1) is 8.69. The molecule has 94 valence electrons. The molecule has 5 heteroatoms. The largest absolute Gasteiger partial charge is 0.489 e. The topological polar surface area (TPSA) is 22.1 Å². The molecule has 2 nitrogen and oxygen atoms in total. The van der Waals surface area contributed by atoms with Crippen LogP contribution in [0.2, 0.25) is 0 Å². The van der Waals surface area contributed by atoms with Crippen molar-refractivity contribution in [3.8, 4) is 5.75 Å². The molecule has 0 unspecified atom stereocenters. The Balaban J connectivity index is 2.06. The van der Waals surface area contributed by atoms with Gasteiger partial charge in [-0.1, -0.05) is 15.9 Å². The molecule has 0 saturated heterocycles. The monoisotopic (exact) mass is 389 g/mol. The zero-order valence-corrected chi connectivity index (χ0v) is 13.3. The van der Waals surface area contributed by atoms with Gasteiger partial charge in [-0.2, -0.15) is 0 Å². The molecule has 0 N–H and O–H groups in total. The SMILES string of the molecule is ClCc1cc(OCc2cncc(Br)c2)ccc1Br. The van der Waals surface area contributed by atoms with E-state index in [1.54, 1.807) is 12.4 Å². The van der Waals surface area contributed by atoms with E-state index >= 15 is 0 Å². The fourth-order valence-corrected chi connectivity index (χ4v) is 2.63. The summed E-state index contributed by atoms with van der Waals surface area (Å²) in [7, 11) is 0. The number of hydrogen-bond acceptors (Lipinski definition) is 2. The van der Waals surface area contributed by atoms with Crippen LogP contribution >= 0.6 is 43.5 Å². The van der Waals surface area contributed by atoms with E-state index in [9.17, 15) is 0 Å². The van der Waals surface area contributed by atoms with Crippen LogP contribution in [0, 0.1) is 0 Å². The van der Waals surface area contributed by atoms with Crippen LogP contribution in [-0.2, 0) is 12.5 Å². The molecule has 0 amide bonds. The molecule has 0 spiro atoms. The summed E-state index contributed by atoms with van der Waals surface area (Å²) in [6.45, 7) is 0.482. The first kappa shape index (κ1) is 13.8. The molecular weight excluding hydrogens is 381 g/mol. The van der Waals surface area contributed by atoms with Gasteiger partial charge in [0.05, 0.1) is 0 Å². The van der Waals surface area contributed by atoms with Gasteiger partial charge in [0.25, 0.3) is 0 Å². The Bertz CT molecular complexity index is 548. The number of nitrogens with zero attached hydrogens (tertiary/aromatic N) is 1. The van der Waals surface area contributed by atoms with Crippen molar-refractivity contribution >= 4 is 43.5 Å². The second-order valence-electron chi connectivity index (χ2n) is 3.69. The number of benzene rings is 1. The maximum absolute atomic E-state index is 5.84. The summed E-state index contributed by atoms with van der Waals surface area (Å²) >= 11 is 12.7. The van der Waals surface area contributed by atoms with E-state index in [0.717, 1.165) is 25.8 Å². The quantitative estimate of drug-likeness (QED) is 0.690. The van der Waals surface area contributed by atoms with E-state index in [0.29, 0.717) is 12.5 Å². The van der Waals surface area contributed by atoms with Crippen LogP contribution in [-0.4, -0.2) is 4.98 Å². The lowest BCUT2D eigenvalue weighted by molar-refractivity contribution is 0.305. The van der Waals surface area contributed by atoms with Crippen molar-refractivity contribution in [2.75, 3.05) is 0 Å². The first-order valence-electron chi connectivity index (χ1n) is 5.25. The Morgan fingerprint density at radius 2 is 2.00 bits per heavy atom. The Labute approximate surface area is 128 Å². The van der Waals surface area contributed by atoms with E-state index in [1.165, 1.54) is 0 Å². The molecular formula is C13H10Br2ClNO. The number of hydrogen-bond donors (Lipinski definition) is 0. The van der Waals surface area contributed by atoms with Gasteiger partial charge in [-0.3, -0.25) is 4.98 Å². The molecule has 0 aliphatic carbocycles. The third kappa shape index (κ3) is 3.70. The van der Waals surface area contributed by atoms with Crippen LogP contribution in [0.4, 0.5) is 0 Å². The van der Waals surface area contributed by atoms with Crippen molar-refractivity contribution < 1.29 is 4.74 Å². The standard InChI is InChI=1S/C13H10Br2ClNO/c14-11-3-9(6-17-7-11)8-18-12-1-2-13(15)10(4-12)5-16/h1-4,6-7H,5,8H2. The van der Waals surface area contributed by atoms with Gasteiger partial charge in [0, 0.05) is 32.8 Å². The molecule has 0 fully saturated rings. The second-order valence-corrected chi connectivity index (χ2v) is 5.72. The predicted octanol–water partition coefficient (Wildman–Crippen LogP) is 4.92. The molecule has 1 aromatic heterocycles.